The third kappa shape index (κ3) is 8.75. The van der Waals surface area contributed by atoms with Crippen molar-refractivity contribution in [3.63, 3.8) is 0 Å². The summed E-state index contributed by atoms with van der Waals surface area (Å²) in [6.45, 7) is 6.26. The molecule has 65 heavy (non-hydrogen) atoms. The van der Waals surface area contributed by atoms with Crippen LogP contribution in [0, 0.1) is 11.6 Å². The Bertz CT molecular complexity index is 2610. The number of anilines is 3. The van der Waals surface area contributed by atoms with Gasteiger partial charge in [0.1, 0.15) is 16.9 Å². The maximum absolute atomic E-state index is 16.2. The summed E-state index contributed by atoms with van der Waals surface area (Å²) in [7, 11) is 1.45. The zero-order valence-corrected chi connectivity index (χ0v) is 37.3. The van der Waals surface area contributed by atoms with Crippen LogP contribution in [-0.4, -0.2) is 112 Å². The molecule has 0 spiro atoms. The number of amides is 4. The first-order valence-corrected chi connectivity index (χ1v) is 22.8. The standard InChI is InChI=1S/C46H52ClF2N9O7/c1-24(2)58-35-7-6-34(41(49)31(35)20-37(45(58)63)64-23-39(60)50-3)52-42-33(47)21-51-46(54-42)56-16-12-27(13-17-56)65-28-18-26(19-28)55-14-10-25(11-15-55)29-4-5-30-32(40(29)48)22-57(44(30)62)36-8-9-38(59)53-43(36)61/h4-7,20-21,24-28,36H,8-19,22-23H2,1-3H3,(H,50,60)(H,51,52,54)(H,53,59,61)/t26?,28?,36-/m0/s1. The van der Waals surface area contributed by atoms with Gasteiger partial charge in [-0.3, -0.25) is 29.3 Å². The number of likely N-dealkylation sites (N-methyl/N-ethyl adjacent to an activating group) is 1. The number of imide groups is 1. The number of hydrogen-bond acceptors (Lipinski definition) is 12. The van der Waals surface area contributed by atoms with E-state index in [0.717, 1.165) is 51.6 Å². The van der Waals surface area contributed by atoms with E-state index >= 15 is 8.78 Å². The normalized spacial score (nSPS) is 22.0. The molecular formula is C46H52ClF2N9O7. The number of rotatable bonds is 12. The van der Waals surface area contributed by atoms with Crippen LogP contribution < -0.4 is 31.1 Å². The fraction of sp³-hybridized carbons (Fsp3) is 0.500. The summed E-state index contributed by atoms with van der Waals surface area (Å²) in [6, 6.07) is 7.22. The Labute approximate surface area is 379 Å². The Balaban J connectivity index is 0.756. The molecule has 1 atom stereocenters. The lowest BCUT2D eigenvalue weighted by atomic mass is 9.83. The highest BCUT2D eigenvalue weighted by atomic mass is 35.5. The molecule has 344 valence electrons. The first-order chi connectivity index (χ1) is 31.3. The number of pyridine rings is 1. The number of likely N-dealkylation sites (tertiary alicyclic amines) is 1. The summed E-state index contributed by atoms with van der Waals surface area (Å²) in [5, 5.41) is 8.07. The molecule has 2 aromatic carbocycles. The molecule has 3 saturated heterocycles. The van der Waals surface area contributed by atoms with Crippen molar-refractivity contribution in [2.24, 2.45) is 0 Å². The van der Waals surface area contributed by atoms with Gasteiger partial charge in [0.25, 0.3) is 17.4 Å². The average molecular weight is 916 g/mol. The quantitative estimate of drug-likeness (QED) is 0.156. The lowest BCUT2D eigenvalue weighted by Crippen LogP contribution is -2.52. The molecule has 4 aromatic rings. The first kappa shape index (κ1) is 44.5. The van der Waals surface area contributed by atoms with Gasteiger partial charge in [-0.2, -0.15) is 4.98 Å². The van der Waals surface area contributed by atoms with Crippen LogP contribution in [-0.2, 0) is 25.7 Å². The fourth-order valence-electron chi connectivity index (χ4n) is 9.93. The number of benzene rings is 2. The molecule has 0 unspecified atom stereocenters. The summed E-state index contributed by atoms with van der Waals surface area (Å²) < 4.78 is 45.7. The molecule has 1 saturated carbocycles. The Morgan fingerprint density at radius 3 is 2.43 bits per heavy atom. The van der Waals surface area contributed by atoms with Gasteiger partial charge in [-0.1, -0.05) is 17.7 Å². The number of ether oxygens (including phenoxy) is 2. The van der Waals surface area contributed by atoms with Gasteiger partial charge in [0.15, 0.2) is 24.0 Å². The zero-order chi connectivity index (χ0) is 45.7. The van der Waals surface area contributed by atoms with Crippen molar-refractivity contribution in [2.45, 2.75) is 108 Å². The number of fused-ring (bicyclic) bond motifs is 2. The summed E-state index contributed by atoms with van der Waals surface area (Å²) >= 11 is 6.52. The van der Waals surface area contributed by atoms with Crippen molar-refractivity contribution in [1.29, 1.82) is 0 Å². The number of hydrogen-bond donors (Lipinski definition) is 3. The van der Waals surface area contributed by atoms with Gasteiger partial charge < -0.3 is 39.4 Å². The van der Waals surface area contributed by atoms with Crippen LogP contribution in [0.15, 0.2) is 41.3 Å². The molecule has 4 amide bonds. The number of piperidine rings is 3. The van der Waals surface area contributed by atoms with E-state index in [1.807, 2.05) is 0 Å². The minimum atomic E-state index is -0.779. The highest BCUT2D eigenvalue weighted by molar-refractivity contribution is 6.33. The van der Waals surface area contributed by atoms with Crippen LogP contribution in [0.4, 0.5) is 26.2 Å². The number of nitrogens with zero attached hydrogens (tertiary/aromatic N) is 6. The van der Waals surface area contributed by atoms with Gasteiger partial charge in [-0.15, -0.1) is 0 Å². The van der Waals surface area contributed by atoms with Gasteiger partial charge in [-0.25, -0.2) is 13.8 Å². The predicted octanol–water partition coefficient (Wildman–Crippen LogP) is 5.33. The SMILES string of the molecule is CNC(=O)COc1cc2c(F)c(Nc3nc(N4CCC(OC5CC(N6CCC(c7ccc8c(c7F)CN([C@H]7CCC(=O)NC7=O)C8=O)CC6)C5)CC4)ncc3Cl)ccc2n(C(C)C)c1=O. The minimum absolute atomic E-state index is 0.0264. The van der Waals surface area contributed by atoms with Crippen LogP contribution in [0.2, 0.25) is 5.02 Å². The molecule has 1 aliphatic carbocycles. The monoisotopic (exact) mass is 915 g/mol. The largest absolute Gasteiger partial charge is 0.478 e. The van der Waals surface area contributed by atoms with Crippen molar-refractivity contribution in [1.82, 2.24) is 35.0 Å². The molecule has 6 heterocycles. The van der Waals surface area contributed by atoms with Crippen molar-refractivity contribution < 1.29 is 37.4 Å². The highest BCUT2D eigenvalue weighted by Crippen LogP contribution is 2.40. The van der Waals surface area contributed by atoms with E-state index in [1.165, 1.54) is 34.8 Å². The minimum Gasteiger partial charge on any atom is -0.478 e. The van der Waals surface area contributed by atoms with E-state index < -0.39 is 35.8 Å². The molecule has 0 radical (unpaired) electrons. The van der Waals surface area contributed by atoms with Crippen LogP contribution >= 0.6 is 11.6 Å². The lowest BCUT2D eigenvalue weighted by molar-refractivity contribution is -0.137. The predicted molar refractivity (Wildman–Crippen MR) is 238 cm³/mol. The number of carbonyl (C=O) groups excluding carboxylic acids is 4. The van der Waals surface area contributed by atoms with Crippen LogP contribution in [0.25, 0.3) is 10.9 Å². The van der Waals surface area contributed by atoms with E-state index in [1.54, 1.807) is 32.0 Å². The molecule has 16 nitrogen and oxygen atoms in total. The van der Waals surface area contributed by atoms with Gasteiger partial charge in [0.05, 0.1) is 36.2 Å². The molecule has 19 heteroatoms. The van der Waals surface area contributed by atoms with E-state index in [2.05, 4.69) is 35.7 Å². The van der Waals surface area contributed by atoms with E-state index in [9.17, 15) is 24.0 Å². The van der Waals surface area contributed by atoms with E-state index in [4.69, 9.17) is 21.1 Å². The third-order valence-corrected chi connectivity index (χ3v) is 13.9. The Morgan fingerprint density at radius 1 is 0.969 bits per heavy atom. The number of aromatic nitrogens is 3. The van der Waals surface area contributed by atoms with Crippen molar-refractivity contribution in [3.05, 3.63) is 80.2 Å². The maximum Gasteiger partial charge on any atom is 0.293 e. The van der Waals surface area contributed by atoms with Crippen LogP contribution in [0.5, 0.6) is 5.75 Å². The van der Waals surface area contributed by atoms with Gasteiger partial charge in [-0.05, 0) is 108 Å². The molecule has 3 N–H and O–H groups in total. The maximum atomic E-state index is 16.2. The Morgan fingerprint density at radius 2 is 1.72 bits per heavy atom. The smallest absolute Gasteiger partial charge is 0.293 e. The van der Waals surface area contributed by atoms with Crippen molar-refractivity contribution in [3.8, 4) is 5.75 Å². The van der Waals surface area contributed by atoms with Crippen molar-refractivity contribution >= 4 is 63.6 Å². The van der Waals surface area contributed by atoms with Crippen molar-refractivity contribution in [2.75, 3.05) is 50.1 Å². The topological polar surface area (TPSA) is 180 Å². The molecule has 0 bridgehead atoms. The molecule has 9 rings (SSSR count). The second kappa shape index (κ2) is 18.3. The fourth-order valence-corrected chi connectivity index (χ4v) is 10.1. The van der Waals surface area contributed by atoms with Gasteiger partial charge in [0, 0.05) is 55.2 Å². The molecule has 4 fully saturated rings. The number of halogens is 3. The van der Waals surface area contributed by atoms with Gasteiger partial charge in [0.2, 0.25) is 17.8 Å². The zero-order valence-electron chi connectivity index (χ0n) is 36.5. The Hall–Kier alpha value is -5.72. The Kier molecular flexibility index (Phi) is 12.5. The molecule has 5 aliphatic rings. The van der Waals surface area contributed by atoms with Crippen LogP contribution in [0.1, 0.15) is 98.7 Å². The van der Waals surface area contributed by atoms with Crippen LogP contribution in [0.3, 0.4) is 0 Å². The van der Waals surface area contributed by atoms with Gasteiger partial charge >= 0.3 is 0 Å². The summed E-state index contributed by atoms with van der Waals surface area (Å²) in [4.78, 5) is 77.4. The van der Waals surface area contributed by atoms with E-state index in [0.29, 0.717) is 47.3 Å². The number of carbonyl (C=O) groups is 4. The number of nitrogens with one attached hydrogen (secondary N) is 3. The average Bonchev–Trinajstić information content (AvgIpc) is 3.62. The second-order valence-corrected chi connectivity index (χ2v) is 18.3. The lowest BCUT2D eigenvalue weighted by Gasteiger charge is -2.47. The van der Waals surface area contributed by atoms with E-state index in [-0.39, 0.29) is 88.8 Å². The third-order valence-electron chi connectivity index (χ3n) is 13.6. The summed E-state index contributed by atoms with van der Waals surface area (Å²) in [5.41, 5.74) is 1.23. The molecular weight excluding hydrogens is 864 g/mol. The highest BCUT2D eigenvalue weighted by Gasteiger charge is 2.42. The summed E-state index contributed by atoms with van der Waals surface area (Å²) in [5.74, 6) is -2.11. The molecule has 2 aromatic heterocycles. The molecule has 4 aliphatic heterocycles. The first-order valence-electron chi connectivity index (χ1n) is 22.4. The second-order valence-electron chi connectivity index (χ2n) is 17.9. The summed E-state index contributed by atoms with van der Waals surface area (Å²) in [6.07, 6.45) is 7.19.